The number of para-hydroxylation sites is 1. The highest BCUT2D eigenvalue weighted by molar-refractivity contribution is 5.95. The molecule has 1 aromatic carbocycles. The SMILES string of the molecule is Cn1cc(-c2ccnc(C3(N)C=CC=CC3N)n2)c2ccccc21. The third-order valence-corrected chi connectivity index (χ3v) is 4.57. The molecule has 2 unspecified atom stereocenters. The first-order valence-corrected chi connectivity index (χ1v) is 7.88. The fourth-order valence-corrected chi connectivity index (χ4v) is 3.16. The van der Waals surface area contributed by atoms with Crippen LogP contribution in [-0.4, -0.2) is 20.6 Å². The van der Waals surface area contributed by atoms with Crippen LogP contribution in [0.15, 0.2) is 67.0 Å². The van der Waals surface area contributed by atoms with Crippen LogP contribution in [0.1, 0.15) is 5.82 Å². The monoisotopic (exact) mass is 317 g/mol. The van der Waals surface area contributed by atoms with Crippen molar-refractivity contribution in [3.05, 3.63) is 72.9 Å². The minimum Gasteiger partial charge on any atom is -0.350 e. The maximum absolute atomic E-state index is 6.50. The first-order valence-electron chi connectivity index (χ1n) is 7.88. The zero-order valence-electron chi connectivity index (χ0n) is 13.4. The number of nitrogens with zero attached hydrogens (tertiary/aromatic N) is 3. The molecule has 1 aliphatic rings. The van der Waals surface area contributed by atoms with E-state index in [1.165, 1.54) is 0 Å². The molecule has 0 saturated heterocycles. The Morgan fingerprint density at radius 3 is 2.83 bits per heavy atom. The Balaban J connectivity index is 1.86. The number of aryl methyl sites for hydroxylation is 1. The van der Waals surface area contributed by atoms with Crippen LogP contribution < -0.4 is 11.5 Å². The Morgan fingerprint density at radius 1 is 1.17 bits per heavy atom. The van der Waals surface area contributed by atoms with Crippen molar-refractivity contribution in [3.63, 3.8) is 0 Å². The van der Waals surface area contributed by atoms with Crippen LogP contribution in [0.2, 0.25) is 0 Å². The summed E-state index contributed by atoms with van der Waals surface area (Å²) >= 11 is 0. The molecule has 2 aromatic heterocycles. The molecule has 2 heterocycles. The van der Waals surface area contributed by atoms with Crippen LogP contribution in [0.25, 0.3) is 22.2 Å². The van der Waals surface area contributed by atoms with Gasteiger partial charge in [-0.15, -0.1) is 0 Å². The summed E-state index contributed by atoms with van der Waals surface area (Å²) in [6.45, 7) is 0. The number of nitrogens with two attached hydrogens (primary N) is 2. The standard InChI is InChI=1S/C19H19N5/c1-24-12-14(13-6-2-3-7-16(13)24)15-9-11-22-18(23-15)19(21)10-5-4-8-17(19)20/h2-12,17H,20-21H2,1H3. The van der Waals surface area contributed by atoms with Gasteiger partial charge in [0.05, 0.1) is 11.7 Å². The summed E-state index contributed by atoms with van der Waals surface area (Å²) in [7, 11) is 2.03. The van der Waals surface area contributed by atoms with Crippen LogP contribution >= 0.6 is 0 Å². The van der Waals surface area contributed by atoms with E-state index in [9.17, 15) is 0 Å². The number of hydrogen-bond donors (Lipinski definition) is 2. The van der Waals surface area contributed by atoms with E-state index in [4.69, 9.17) is 16.5 Å². The Hall–Kier alpha value is -2.76. The molecule has 5 nitrogen and oxygen atoms in total. The van der Waals surface area contributed by atoms with Crippen LogP contribution in [0.3, 0.4) is 0 Å². The minimum atomic E-state index is -0.894. The molecule has 5 heteroatoms. The summed E-state index contributed by atoms with van der Waals surface area (Å²) in [5.74, 6) is 0.529. The van der Waals surface area contributed by atoms with Gasteiger partial charge in [0.2, 0.25) is 0 Å². The molecule has 4 rings (SSSR count). The predicted molar refractivity (Wildman–Crippen MR) is 96.1 cm³/mol. The summed E-state index contributed by atoms with van der Waals surface area (Å²) in [5, 5.41) is 1.15. The van der Waals surface area contributed by atoms with E-state index in [0.717, 1.165) is 22.2 Å². The first kappa shape index (κ1) is 14.8. The molecule has 0 spiro atoms. The fraction of sp³-hybridized carbons (Fsp3) is 0.158. The average molecular weight is 317 g/mol. The van der Waals surface area contributed by atoms with Gasteiger partial charge in [-0.25, -0.2) is 9.97 Å². The Kier molecular flexibility index (Phi) is 3.33. The third-order valence-electron chi connectivity index (χ3n) is 4.57. The van der Waals surface area contributed by atoms with Crippen molar-refractivity contribution in [2.45, 2.75) is 11.6 Å². The lowest BCUT2D eigenvalue weighted by Gasteiger charge is -2.30. The Bertz CT molecular complexity index is 969. The summed E-state index contributed by atoms with van der Waals surface area (Å²) in [6, 6.07) is 9.80. The summed E-state index contributed by atoms with van der Waals surface area (Å²) < 4.78 is 2.10. The number of hydrogen-bond acceptors (Lipinski definition) is 4. The zero-order valence-corrected chi connectivity index (χ0v) is 13.4. The fourth-order valence-electron chi connectivity index (χ4n) is 3.16. The second-order valence-electron chi connectivity index (χ2n) is 6.14. The molecule has 2 atom stereocenters. The van der Waals surface area contributed by atoms with E-state index in [1.807, 2.05) is 49.6 Å². The van der Waals surface area contributed by atoms with Gasteiger partial charge in [-0.3, -0.25) is 0 Å². The van der Waals surface area contributed by atoms with Gasteiger partial charge in [-0.05, 0) is 12.1 Å². The highest BCUT2D eigenvalue weighted by Gasteiger charge is 2.34. The third kappa shape index (κ3) is 2.18. The molecule has 0 saturated carbocycles. The number of aromatic nitrogens is 3. The lowest BCUT2D eigenvalue weighted by atomic mass is 9.87. The smallest absolute Gasteiger partial charge is 0.154 e. The van der Waals surface area contributed by atoms with Gasteiger partial charge in [0.1, 0.15) is 5.54 Å². The summed E-state index contributed by atoms with van der Waals surface area (Å²) in [6.07, 6.45) is 11.3. The molecule has 24 heavy (non-hydrogen) atoms. The number of fused-ring (bicyclic) bond motifs is 1. The normalized spacial score (nSPS) is 23.0. The molecular weight excluding hydrogens is 298 g/mol. The lowest BCUT2D eigenvalue weighted by Crippen LogP contribution is -2.52. The van der Waals surface area contributed by atoms with E-state index >= 15 is 0 Å². The average Bonchev–Trinajstić information content (AvgIpc) is 2.95. The second kappa shape index (κ2) is 5.40. The lowest BCUT2D eigenvalue weighted by molar-refractivity contribution is 0.463. The molecule has 0 aliphatic heterocycles. The van der Waals surface area contributed by atoms with Gasteiger partial charge in [-0.2, -0.15) is 0 Å². The number of benzene rings is 1. The maximum atomic E-state index is 6.50. The number of rotatable bonds is 2. The molecule has 0 bridgehead atoms. The van der Waals surface area contributed by atoms with E-state index in [0.29, 0.717) is 5.82 Å². The van der Waals surface area contributed by atoms with Gasteiger partial charge in [0, 0.05) is 35.9 Å². The van der Waals surface area contributed by atoms with Crippen molar-refractivity contribution >= 4 is 10.9 Å². The van der Waals surface area contributed by atoms with E-state index < -0.39 is 5.54 Å². The van der Waals surface area contributed by atoms with Crippen LogP contribution in [0, 0.1) is 0 Å². The van der Waals surface area contributed by atoms with Crippen molar-refractivity contribution in [2.75, 3.05) is 0 Å². The van der Waals surface area contributed by atoms with Gasteiger partial charge in [0.15, 0.2) is 5.82 Å². The molecule has 0 radical (unpaired) electrons. The molecule has 120 valence electrons. The Labute approximate surface area is 140 Å². The van der Waals surface area contributed by atoms with Crippen LogP contribution in [0.4, 0.5) is 0 Å². The van der Waals surface area contributed by atoms with E-state index in [2.05, 4.69) is 27.9 Å². The quantitative estimate of drug-likeness (QED) is 0.759. The largest absolute Gasteiger partial charge is 0.350 e. The highest BCUT2D eigenvalue weighted by atomic mass is 15.0. The molecule has 0 fully saturated rings. The molecular formula is C19H19N5. The van der Waals surface area contributed by atoms with Crippen molar-refractivity contribution in [3.8, 4) is 11.3 Å². The predicted octanol–water partition coefficient (Wildman–Crippen LogP) is 2.24. The van der Waals surface area contributed by atoms with Crippen molar-refractivity contribution < 1.29 is 0 Å². The van der Waals surface area contributed by atoms with Crippen molar-refractivity contribution in [1.82, 2.24) is 14.5 Å². The van der Waals surface area contributed by atoms with Gasteiger partial charge in [0.25, 0.3) is 0 Å². The van der Waals surface area contributed by atoms with E-state index in [1.54, 1.807) is 6.20 Å². The zero-order chi connectivity index (χ0) is 16.7. The van der Waals surface area contributed by atoms with Gasteiger partial charge in [-0.1, -0.05) is 42.5 Å². The van der Waals surface area contributed by atoms with E-state index in [-0.39, 0.29) is 6.04 Å². The van der Waals surface area contributed by atoms with Crippen LogP contribution in [-0.2, 0) is 12.6 Å². The van der Waals surface area contributed by atoms with Crippen molar-refractivity contribution in [2.24, 2.45) is 18.5 Å². The maximum Gasteiger partial charge on any atom is 0.154 e. The molecule has 1 aliphatic carbocycles. The van der Waals surface area contributed by atoms with Gasteiger partial charge < -0.3 is 16.0 Å². The summed E-state index contributed by atoms with van der Waals surface area (Å²) in [5.41, 5.74) is 14.8. The van der Waals surface area contributed by atoms with Crippen LogP contribution in [0.5, 0.6) is 0 Å². The first-order chi connectivity index (χ1) is 11.6. The van der Waals surface area contributed by atoms with Gasteiger partial charge >= 0.3 is 0 Å². The Morgan fingerprint density at radius 2 is 2.00 bits per heavy atom. The highest BCUT2D eigenvalue weighted by Crippen LogP contribution is 2.30. The topological polar surface area (TPSA) is 82.8 Å². The molecule has 3 aromatic rings. The number of allylic oxidation sites excluding steroid dienone is 2. The molecule has 4 N–H and O–H groups in total. The second-order valence-corrected chi connectivity index (χ2v) is 6.14. The minimum absolute atomic E-state index is 0.356. The van der Waals surface area contributed by atoms with Crippen molar-refractivity contribution in [1.29, 1.82) is 0 Å². The molecule has 0 amide bonds. The summed E-state index contributed by atoms with van der Waals surface area (Å²) in [4.78, 5) is 9.13.